The SMILES string of the molecule is CCOC(=O)c1nc(Cc2cccc(Cl)c2)n(-c2cc(Cl)ccc2C)c1-c1cccc(Cl)c1. The molecule has 0 spiro atoms. The van der Waals surface area contributed by atoms with Gasteiger partial charge in [0.2, 0.25) is 0 Å². The van der Waals surface area contributed by atoms with Gasteiger partial charge in [0.05, 0.1) is 18.0 Å². The van der Waals surface area contributed by atoms with E-state index in [1.54, 1.807) is 19.1 Å². The number of nitrogens with zero attached hydrogens (tertiary/aromatic N) is 2. The summed E-state index contributed by atoms with van der Waals surface area (Å²) >= 11 is 18.9. The van der Waals surface area contributed by atoms with Crippen molar-refractivity contribution >= 4 is 40.8 Å². The van der Waals surface area contributed by atoms with Crippen LogP contribution in [0.4, 0.5) is 0 Å². The zero-order valence-corrected chi connectivity index (χ0v) is 20.4. The molecule has 1 heterocycles. The van der Waals surface area contributed by atoms with Crippen molar-refractivity contribution in [1.29, 1.82) is 0 Å². The van der Waals surface area contributed by atoms with Gasteiger partial charge < -0.3 is 4.74 Å². The molecule has 0 aliphatic rings. The maximum absolute atomic E-state index is 13.0. The third-order valence-electron chi connectivity index (χ3n) is 5.18. The van der Waals surface area contributed by atoms with Gasteiger partial charge in [-0.05, 0) is 61.4 Å². The molecule has 0 saturated heterocycles. The molecule has 0 aliphatic heterocycles. The number of esters is 1. The van der Waals surface area contributed by atoms with Gasteiger partial charge in [-0.2, -0.15) is 0 Å². The van der Waals surface area contributed by atoms with Crippen molar-refractivity contribution in [2.75, 3.05) is 6.61 Å². The molecular formula is C26H21Cl3N2O2. The number of carbonyl (C=O) groups excluding carboxylic acids is 1. The maximum atomic E-state index is 13.0. The molecule has 1 aromatic heterocycles. The molecule has 0 atom stereocenters. The lowest BCUT2D eigenvalue weighted by molar-refractivity contribution is 0.0521. The fourth-order valence-corrected chi connectivity index (χ4v) is 4.31. The number of benzene rings is 3. The highest BCUT2D eigenvalue weighted by Crippen LogP contribution is 2.34. The number of imidazole rings is 1. The van der Waals surface area contributed by atoms with Crippen molar-refractivity contribution in [2.24, 2.45) is 0 Å². The summed E-state index contributed by atoms with van der Waals surface area (Å²) in [5, 5.41) is 1.76. The van der Waals surface area contributed by atoms with Crippen molar-refractivity contribution < 1.29 is 9.53 Å². The molecule has 0 bridgehead atoms. The summed E-state index contributed by atoms with van der Waals surface area (Å²) in [6.45, 7) is 3.99. The Hall–Kier alpha value is -2.79. The summed E-state index contributed by atoms with van der Waals surface area (Å²) in [7, 11) is 0. The molecule has 33 heavy (non-hydrogen) atoms. The highest BCUT2D eigenvalue weighted by atomic mass is 35.5. The predicted molar refractivity (Wildman–Crippen MR) is 134 cm³/mol. The van der Waals surface area contributed by atoms with E-state index >= 15 is 0 Å². The Kier molecular flexibility index (Phi) is 7.08. The molecule has 168 valence electrons. The van der Waals surface area contributed by atoms with Gasteiger partial charge in [0.15, 0.2) is 5.69 Å². The van der Waals surface area contributed by atoms with E-state index in [-0.39, 0.29) is 12.3 Å². The van der Waals surface area contributed by atoms with Crippen LogP contribution in [0.25, 0.3) is 16.9 Å². The van der Waals surface area contributed by atoms with E-state index in [9.17, 15) is 4.79 Å². The summed E-state index contributed by atoms with van der Waals surface area (Å²) in [5.41, 5.74) is 4.31. The Labute approximate surface area is 207 Å². The molecule has 0 unspecified atom stereocenters. The van der Waals surface area contributed by atoms with Crippen LogP contribution in [0.5, 0.6) is 0 Å². The van der Waals surface area contributed by atoms with Crippen LogP contribution in [0.2, 0.25) is 15.1 Å². The molecule has 4 rings (SSSR count). The normalized spacial score (nSPS) is 10.9. The monoisotopic (exact) mass is 498 g/mol. The second-order valence-electron chi connectivity index (χ2n) is 7.53. The smallest absolute Gasteiger partial charge is 0.359 e. The minimum absolute atomic E-state index is 0.218. The van der Waals surface area contributed by atoms with E-state index in [4.69, 9.17) is 44.5 Å². The Bertz CT molecular complexity index is 1330. The topological polar surface area (TPSA) is 44.1 Å². The standard InChI is InChI=1S/C26H21Cl3N2O2/c1-3-33-26(32)24-25(18-7-5-9-20(28)14-18)31(22-15-21(29)11-10-16(22)2)23(30-24)13-17-6-4-8-19(27)12-17/h4-12,14-15H,3,13H2,1-2H3. The zero-order valence-electron chi connectivity index (χ0n) is 18.1. The second-order valence-corrected chi connectivity index (χ2v) is 8.84. The molecule has 7 heteroatoms. The lowest BCUT2D eigenvalue weighted by atomic mass is 10.1. The van der Waals surface area contributed by atoms with Crippen molar-refractivity contribution in [3.8, 4) is 16.9 Å². The van der Waals surface area contributed by atoms with Crippen LogP contribution in [0.3, 0.4) is 0 Å². The van der Waals surface area contributed by atoms with Gasteiger partial charge in [0.25, 0.3) is 0 Å². The first-order valence-corrected chi connectivity index (χ1v) is 11.6. The van der Waals surface area contributed by atoms with Crippen molar-refractivity contribution in [2.45, 2.75) is 20.3 Å². The number of aryl methyl sites for hydroxylation is 1. The molecular weight excluding hydrogens is 479 g/mol. The lowest BCUT2D eigenvalue weighted by Crippen LogP contribution is -2.08. The van der Waals surface area contributed by atoms with Crippen molar-refractivity contribution in [3.63, 3.8) is 0 Å². The van der Waals surface area contributed by atoms with E-state index in [0.29, 0.717) is 33.0 Å². The van der Waals surface area contributed by atoms with E-state index in [1.165, 1.54) is 0 Å². The van der Waals surface area contributed by atoms with E-state index in [2.05, 4.69) is 0 Å². The molecule has 0 N–H and O–H groups in total. The highest BCUT2D eigenvalue weighted by Gasteiger charge is 2.26. The number of aromatic nitrogens is 2. The minimum atomic E-state index is -0.502. The first-order chi connectivity index (χ1) is 15.9. The first-order valence-electron chi connectivity index (χ1n) is 10.4. The van der Waals surface area contributed by atoms with Crippen molar-refractivity contribution in [1.82, 2.24) is 9.55 Å². The number of ether oxygens (including phenoxy) is 1. The Balaban J connectivity index is 2.04. The third-order valence-corrected chi connectivity index (χ3v) is 5.88. The summed E-state index contributed by atoms with van der Waals surface area (Å²) in [5.74, 6) is 0.152. The number of hydrogen-bond acceptors (Lipinski definition) is 3. The molecule has 0 radical (unpaired) electrons. The Morgan fingerprint density at radius 3 is 2.33 bits per heavy atom. The lowest BCUT2D eigenvalue weighted by Gasteiger charge is -2.16. The summed E-state index contributed by atoms with van der Waals surface area (Å²) in [6.07, 6.45) is 0.444. The first kappa shape index (κ1) is 23.4. The average Bonchev–Trinajstić information content (AvgIpc) is 3.14. The minimum Gasteiger partial charge on any atom is -0.461 e. The quantitative estimate of drug-likeness (QED) is 0.257. The third kappa shape index (κ3) is 5.09. The molecule has 4 nitrogen and oxygen atoms in total. The van der Waals surface area contributed by atoms with Crippen LogP contribution in [-0.4, -0.2) is 22.1 Å². The molecule has 3 aromatic carbocycles. The van der Waals surface area contributed by atoms with Gasteiger partial charge in [-0.1, -0.05) is 65.1 Å². The van der Waals surface area contributed by atoms with Gasteiger partial charge in [-0.3, -0.25) is 4.57 Å². The van der Waals surface area contributed by atoms with Gasteiger partial charge in [-0.25, -0.2) is 9.78 Å². The number of carbonyl (C=O) groups is 1. The van der Waals surface area contributed by atoms with Crippen LogP contribution >= 0.6 is 34.8 Å². The van der Waals surface area contributed by atoms with Gasteiger partial charge >= 0.3 is 5.97 Å². The molecule has 0 fully saturated rings. The van der Waals surface area contributed by atoms with E-state index in [0.717, 1.165) is 22.4 Å². The zero-order chi connectivity index (χ0) is 23.5. The summed E-state index contributed by atoms with van der Waals surface area (Å²) < 4.78 is 7.31. The number of hydrogen-bond donors (Lipinski definition) is 0. The largest absolute Gasteiger partial charge is 0.461 e. The Morgan fingerprint density at radius 2 is 1.64 bits per heavy atom. The number of halogens is 3. The predicted octanol–water partition coefficient (Wildman–Crippen LogP) is 7.58. The van der Waals surface area contributed by atoms with Crippen LogP contribution in [0.1, 0.15) is 34.4 Å². The molecule has 0 aliphatic carbocycles. The van der Waals surface area contributed by atoms with Gasteiger partial charge in [0, 0.05) is 27.1 Å². The fourth-order valence-electron chi connectivity index (χ4n) is 3.74. The van der Waals surface area contributed by atoms with Crippen LogP contribution in [0.15, 0.2) is 66.7 Å². The maximum Gasteiger partial charge on any atom is 0.359 e. The van der Waals surface area contributed by atoms with E-state index in [1.807, 2.05) is 66.1 Å². The van der Waals surface area contributed by atoms with Crippen LogP contribution in [0, 0.1) is 6.92 Å². The molecule has 0 saturated carbocycles. The van der Waals surface area contributed by atoms with Crippen molar-refractivity contribution in [3.05, 3.63) is 104 Å². The fraction of sp³-hybridized carbons (Fsp3) is 0.154. The highest BCUT2D eigenvalue weighted by molar-refractivity contribution is 6.31. The summed E-state index contributed by atoms with van der Waals surface area (Å²) in [6, 6.07) is 20.5. The van der Waals surface area contributed by atoms with Gasteiger partial charge in [-0.15, -0.1) is 0 Å². The molecule has 0 amide bonds. The Morgan fingerprint density at radius 1 is 0.939 bits per heavy atom. The summed E-state index contributed by atoms with van der Waals surface area (Å²) in [4.78, 5) is 17.8. The molecule has 4 aromatic rings. The van der Waals surface area contributed by atoms with E-state index < -0.39 is 5.97 Å². The van der Waals surface area contributed by atoms with Gasteiger partial charge in [0.1, 0.15) is 5.82 Å². The average molecular weight is 500 g/mol. The second kappa shape index (κ2) is 10.0. The number of rotatable bonds is 6. The van der Waals surface area contributed by atoms with Crippen LogP contribution in [-0.2, 0) is 11.2 Å². The van der Waals surface area contributed by atoms with Crippen LogP contribution < -0.4 is 0 Å².